The van der Waals surface area contributed by atoms with Crippen molar-refractivity contribution in [3.8, 4) is 5.75 Å². The number of ketones is 1. The smallest absolute Gasteiger partial charge is 0.317 e. The van der Waals surface area contributed by atoms with Gasteiger partial charge in [-0.2, -0.15) is 0 Å². The van der Waals surface area contributed by atoms with Gasteiger partial charge in [0.2, 0.25) is 0 Å². The molecule has 6 nitrogen and oxygen atoms in total. The fraction of sp³-hybridized carbons (Fsp3) is 0.346. The summed E-state index contributed by atoms with van der Waals surface area (Å²) in [6.07, 6.45) is 3.99. The number of aryl methyl sites for hydroxylation is 2. The molecule has 0 N–H and O–H groups in total. The molecule has 2 aliphatic carbocycles. The van der Waals surface area contributed by atoms with Crippen molar-refractivity contribution in [2.24, 2.45) is 11.3 Å². The molecule has 2 aliphatic rings. The van der Waals surface area contributed by atoms with Crippen molar-refractivity contribution in [3.63, 3.8) is 0 Å². The van der Waals surface area contributed by atoms with Crippen LogP contribution in [-0.2, 0) is 36.9 Å². The second-order valence-electron chi connectivity index (χ2n) is 8.33. The van der Waals surface area contributed by atoms with E-state index in [9.17, 15) is 14.4 Å². The van der Waals surface area contributed by atoms with Gasteiger partial charge in [-0.1, -0.05) is 36.4 Å². The maximum absolute atomic E-state index is 13.3. The Balaban J connectivity index is 1.79. The van der Waals surface area contributed by atoms with Crippen LogP contribution in [0.4, 0.5) is 0 Å². The summed E-state index contributed by atoms with van der Waals surface area (Å²) in [6, 6.07) is 13.1. The van der Waals surface area contributed by atoms with Crippen molar-refractivity contribution in [1.29, 1.82) is 0 Å². The standard InChI is InChI=1S/C26H26O6/c1-16-13-19(30-2)14-18-9-11-26(25(29)31-3)12-10-20(27)22(23(26)21(16)18)24(28)32-15-17-7-5-4-6-8-17/h4-8,10,12-14,22-23H,9,11,15H2,1-3H3/t22-,23+,26+/m1/s1. The molecule has 166 valence electrons. The van der Waals surface area contributed by atoms with Gasteiger partial charge in [-0.25, -0.2) is 0 Å². The predicted octanol–water partition coefficient (Wildman–Crippen LogP) is 3.69. The minimum atomic E-state index is -1.13. The molecule has 0 spiro atoms. The van der Waals surface area contributed by atoms with Crippen molar-refractivity contribution in [1.82, 2.24) is 0 Å². The second kappa shape index (κ2) is 8.61. The van der Waals surface area contributed by atoms with E-state index in [1.165, 1.54) is 13.2 Å². The van der Waals surface area contributed by atoms with Gasteiger partial charge in [0, 0.05) is 5.92 Å². The van der Waals surface area contributed by atoms with E-state index < -0.39 is 29.2 Å². The zero-order chi connectivity index (χ0) is 22.9. The van der Waals surface area contributed by atoms with Crippen LogP contribution in [0.1, 0.15) is 34.6 Å². The summed E-state index contributed by atoms with van der Waals surface area (Å²) < 4.78 is 16.1. The average molecular weight is 434 g/mol. The largest absolute Gasteiger partial charge is 0.497 e. The molecule has 0 radical (unpaired) electrons. The van der Waals surface area contributed by atoms with Crippen molar-refractivity contribution in [2.45, 2.75) is 32.3 Å². The van der Waals surface area contributed by atoms with Crippen LogP contribution >= 0.6 is 0 Å². The van der Waals surface area contributed by atoms with E-state index in [0.717, 1.165) is 22.3 Å². The van der Waals surface area contributed by atoms with Gasteiger partial charge in [-0.15, -0.1) is 0 Å². The molecule has 0 amide bonds. The summed E-state index contributed by atoms with van der Waals surface area (Å²) in [4.78, 5) is 39.4. The van der Waals surface area contributed by atoms with Crippen LogP contribution in [0.25, 0.3) is 0 Å². The molecule has 2 aromatic carbocycles. The summed E-state index contributed by atoms with van der Waals surface area (Å²) >= 11 is 0. The average Bonchev–Trinajstić information content (AvgIpc) is 2.82. The van der Waals surface area contributed by atoms with Crippen LogP contribution in [0, 0.1) is 18.3 Å². The minimum absolute atomic E-state index is 0.0551. The maximum atomic E-state index is 13.3. The van der Waals surface area contributed by atoms with E-state index in [-0.39, 0.29) is 12.4 Å². The number of hydrogen-bond acceptors (Lipinski definition) is 6. The molecule has 32 heavy (non-hydrogen) atoms. The molecule has 0 unspecified atom stereocenters. The Morgan fingerprint density at radius 1 is 1.12 bits per heavy atom. The molecule has 6 heteroatoms. The van der Waals surface area contributed by atoms with Crippen LogP contribution < -0.4 is 4.74 Å². The third-order valence-corrected chi connectivity index (χ3v) is 6.58. The van der Waals surface area contributed by atoms with Gasteiger partial charge in [0.25, 0.3) is 0 Å². The molecule has 0 aliphatic heterocycles. The van der Waals surface area contributed by atoms with Gasteiger partial charge >= 0.3 is 11.9 Å². The van der Waals surface area contributed by atoms with Gasteiger partial charge in [-0.3, -0.25) is 14.4 Å². The summed E-state index contributed by atoms with van der Waals surface area (Å²) in [6.45, 7) is 1.96. The zero-order valence-electron chi connectivity index (χ0n) is 18.4. The lowest BCUT2D eigenvalue weighted by Gasteiger charge is -2.46. The Hall–Kier alpha value is -3.41. The van der Waals surface area contributed by atoms with Crippen LogP contribution in [0.3, 0.4) is 0 Å². The highest BCUT2D eigenvalue weighted by Gasteiger charge is 2.57. The van der Waals surface area contributed by atoms with Crippen molar-refractivity contribution in [2.75, 3.05) is 14.2 Å². The number of carbonyl (C=O) groups is 3. The molecule has 0 bridgehead atoms. The Morgan fingerprint density at radius 2 is 1.88 bits per heavy atom. The number of methoxy groups -OCH3 is 2. The fourth-order valence-electron chi connectivity index (χ4n) is 5.07. The molecule has 0 fully saturated rings. The van der Waals surface area contributed by atoms with E-state index in [2.05, 4.69) is 0 Å². The molecule has 0 saturated carbocycles. The van der Waals surface area contributed by atoms with Gasteiger partial charge < -0.3 is 14.2 Å². The van der Waals surface area contributed by atoms with Gasteiger partial charge in [0.15, 0.2) is 5.78 Å². The first-order valence-corrected chi connectivity index (χ1v) is 10.6. The summed E-state index contributed by atoms with van der Waals surface area (Å²) in [7, 11) is 2.93. The molecule has 2 aromatic rings. The van der Waals surface area contributed by atoms with Crippen LogP contribution in [0.15, 0.2) is 54.6 Å². The van der Waals surface area contributed by atoms with E-state index in [4.69, 9.17) is 14.2 Å². The highest BCUT2D eigenvalue weighted by atomic mass is 16.5. The quantitative estimate of drug-likeness (QED) is 0.528. The highest BCUT2D eigenvalue weighted by Crippen LogP contribution is 2.55. The third kappa shape index (κ3) is 3.60. The van der Waals surface area contributed by atoms with Crippen molar-refractivity contribution in [3.05, 3.63) is 76.9 Å². The summed E-state index contributed by atoms with van der Waals surface area (Å²) in [5.41, 5.74) is 2.37. The number of ether oxygens (including phenoxy) is 3. The molecule has 3 atom stereocenters. The summed E-state index contributed by atoms with van der Waals surface area (Å²) in [5, 5.41) is 0. The maximum Gasteiger partial charge on any atom is 0.317 e. The zero-order valence-corrected chi connectivity index (χ0v) is 18.4. The lowest BCUT2D eigenvalue weighted by atomic mass is 9.55. The molecule has 0 aromatic heterocycles. The topological polar surface area (TPSA) is 78.9 Å². The Labute approximate surface area is 187 Å². The predicted molar refractivity (Wildman–Crippen MR) is 117 cm³/mol. The van der Waals surface area contributed by atoms with E-state index >= 15 is 0 Å². The normalized spacial score (nSPS) is 23.7. The van der Waals surface area contributed by atoms with Crippen LogP contribution in [-0.4, -0.2) is 31.9 Å². The molecular weight excluding hydrogens is 408 g/mol. The van der Waals surface area contributed by atoms with Crippen molar-refractivity contribution < 1.29 is 28.6 Å². The number of esters is 2. The first kappa shape index (κ1) is 21.8. The van der Waals surface area contributed by atoms with Gasteiger partial charge in [0.05, 0.1) is 19.6 Å². The molecular formula is C26H26O6. The Kier molecular flexibility index (Phi) is 5.87. The Bertz CT molecular complexity index is 1090. The monoisotopic (exact) mass is 434 g/mol. The molecule has 0 heterocycles. The number of benzene rings is 2. The lowest BCUT2D eigenvalue weighted by Crippen LogP contribution is -2.50. The third-order valence-electron chi connectivity index (χ3n) is 6.58. The lowest BCUT2D eigenvalue weighted by molar-refractivity contribution is -0.160. The van der Waals surface area contributed by atoms with E-state index in [0.29, 0.717) is 18.6 Å². The second-order valence-corrected chi connectivity index (χ2v) is 8.33. The SMILES string of the molecule is COC(=O)[C@@]12C=CC(=O)[C@@H](C(=O)OCc3ccccc3)[C@@H]1c1c(C)cc(OC)cc1CC2. The van der Waals surface area contributed by atoms with Gasteiger partial charge in [0.1, 0.15) is 18.3 Å². The molecule has 0 saturated heterocycles. The highest BCUT2D eigenvalue weighted by molar-refractivity contribution is 6.08. The van der Waals surface area contributed by atoms with Crippen LogP contribution in [0.5, 0.6) is 5.75 Å². The number of rotatable bonds is 5. The first-order chi connectivity index (χ1) is 15.4. The van der Waals surface area contributed by atoms with Crippen LogP contribution in [0.2, 0.25) is 0 Å². The van der Waals surface area contributed by atoms with Gasteiger partial charge in [-0.05, 0) is 60.2 Å². The Morgan fingerprint density at radius 3 is 2.56 bits per heavy atom. The van der Waals surface area contributed by atoms with Crippen molar-refractivity contribution >= 4 is 17.7 Å². The molecule has 4 rings (SSSR count). The van der Waals surface area contributed by atoms with E-state index in [1.54, 1.807) is 13.2 Å². The fourth-order valence-corrected chi connectivity index (χ4v) is 5.07. The number of allylic oxidation sites excluding steroid dienone is 1. The van der Waals surface area contributed by atoms with E-state index in [1.807, 2.05) is 49.4 Å². The minimum Gasteiger partial charge on any atom is -0.497 e. The number of fused-ring (bicyclic) bond motifs is 3. The number of hydrogen-bond donors (Lipinski definition) is 0. The number of carbonyl (C=O) groups excluding carboxylic acids is 3. The summed E-state index contributed by atoms with van der Waals surface area (Å²) in [5.74, 6) is -2.58. The first-order valence-electron chi connectivity index (χ1n) is 10.6.